The van der Waals surface area contributed by atoms with Crippen LogP contribution < -0.4 is 15.5 Å². The Hall–Kier alpha value is -3.29. The predicted molar refractivity (Wildman–Crippen MR) is 98.8 cm³/mol. The molecule has 0 radical (unpaired) electrons. The van der Waals surface area contributed by atoms with Crippen molar-refractivity contribution in [3.8, 4) is 0 Å². The fourth-order valence-corrected chi connectivity index (χ4v) is 3.52. The number of hydrogen-bond acceptors (Lipinski definition) is 3. The van der Waals surface area contributed by atoms with E-state index in [4.69, 9.17) is 0 Å². The zero-order valence-electron chi connectivity index (χ0n) is 14.8. The lowest BCUT2D eigenvalue weighted by atomic mass is 10.0. The van der Waals surface area contributed by atoms with Gasteiger partial charge in [-0.1, -0.05) is 0 Å². The van der Waals surface area contributed by atoms with Gasteiger partial charge in [0.1, 0.15) is 11.6 Å². The number of nitrogens with zero attached hydrogens (tertiary/aromatic N) is 1. The summed E-state index contributed by atoms with van der Waals surface area (Å²) in [5.74, 6) is -3.00. The second kappa shape index (κ2) is 7.03. The molecule has 0 saturated carbocycles. The van der Waals surface area contributed by atoms with Crippen LogP contribution in [-0.4, -0.2) is 24.3 Å². The van der Waals surface area contributed by atoms with E-state index in [2.05, 4.69) is 10.6 Å². The Morgan fingerprint density at radius 1 is 1.11 bits per heavy atom. The molecule has 1 fully saturated rings. The molecule has 0 unspecified atom stereocenters. The van der Waals surface area contributed by atoms with E-state index in [0.29, 0.717) is 24.6 Å². The maximum Gasteiger partial charge on any atom is 0.229 e. The topological polar surface area (TPSA) is 78.5 Å². The van der Waals surface area contributed by atoms with Gasteiger partial charge in [0.05, 0.1) is 11.6 Å². The molecule has 8 heteroatoms. The van der Waals surface area contributed by atoms with Crippen LogP contribution in [0.1, 0.15) is 18.4 Å². The van der Waals surface area contributed by atoms with Crippen molar-refractivity contribution >= 4 is 34.8 Å². The van der Waals surface area contributed by atoms with E-state index >= 15 is 0 Å². The zero-order valence-corrected chi connectivity index (χ0v) is 14.8. The zero-order chi connectivity index (χ0) is 19.8. The average molecular weight is 385 g/mol. The Bertz CT molecular complexity index is 993. The standard InChI is InChI=1S/C20H17F2N3O3/c21-13-2-5-17(15(22)9-13)25-10-12(8-19(25)27)20(28)23-14-3-4-16-11(7-14)1-6-18(26)24-16/h2-5,7,9,12H,1,6,8,10H2,(H,23,28)(H,24,26)/t12-/m0/s1. The number of fused-ring (bicyclic) bond motifs is 1. The molecule has 2 N–H and O–H groups in total. The van der Waals surface area contributed by atoms with Gasteiger partial charge in [-0.15, -0.1) is 0 Å². The first-order chi connectivity index (χ1) is 13.4. The van der Waals surface area contributed by atoms with Gasteiger partial charge in [0.2, 0.25) is 17.7 Å². The maximum absolute atomic E-state index is 14.0. The Labute approximate surface area is 159 Å². The number of hydrogen-bond donors (Lipinski definition) is 2. The minimum absolute atomic E-state index is 0.0220. The van der Waals surface area contributed by atoms with Gasteiger partial charge < -0.3 is 15.5 Å². The van der Waals surface area contributed by atoms with Gasteiger partial charge in [-0.05, 0) is 42.3 Å². The summed E-state index contributed by atoms with van der Waals surface area (Å²) in [6.07, 6.45) is 0.924. The van der Waals surface area contributed by atoms with Gasteiger partial charge in [0.15, 0.2) is 0 Å². The van der Waals surface area contributed by atoms with E-state index in [1.54, 1.807) is 18.2 Å². The van der Waals surface area contributed by atoms with Crippen LogP contribution in [0.25, 0.3) is 0 Å². The molecule has 28 heavy (non-hydrogen) atoms. The lowest BCUT2D eigenvalue weighted by Crippen LogP contribution is -2.28. The van der Waals surface area contributed by atoms with Crippen molar-refractivity contribution in [3.63, 3.8) is 0 Å². The quantitative estimate of drug-likeness (QED) is 0.853. The number of anilines is 3. The molecule has 1 saturated heterocycles. The van der Waals surface area contributed by atoms with Crippen molar-refractivity contribution < 1.29 is 23.2 Å². The van der Waals surface area contributed by atoms with Crippen molar-refractivity contribution in [2.75, 3.05) is 22.1 Å². The summed E-state index contributed by atoms with van der Waals surface area (Å²) in [5, 5.41) is 5.55. The van der Waals surface area contributed by atoms with Gasteiger partial charge in [-0.3, -0.25) is 14.4 Å². The number of benzene rings is 2. The highest BCUT2D eigenvalue weighted by molar-refractivity contribution is 6.04. The third-order valence-corrected chi connectivity index (χ3v) is 4.96. The molecular formula is C20H17F2N3O3. The highest BCUT2D eigenvalue weighted by Gasteiger charge is 2.36. The van der Waals surface area contributed by atoms with Crippen LogP contribution in [-0.2, 0) is 20.8 Å². The van der Waals surface area contributed by atoms with E-state index < -0.39 is 17.6 Å². The molecule has 0 aromatic heterocycles. The molecule has 144 valence electrons. The highest BCUT2D eigenvalue weighted by Crippen LogP contribution is 2.30. The molecule has 0 aliphatic carbocycles. The summed E-state index contributed by atoms with van der Waals surface area (Å²) >= 11 is 0. The first kappa shape index (κ1) is 18.1. The molecule has 0 bridgehead atoms. The van der Waals surface area contributed by atoms with Gasteiger partial charge in [-0.2, -0.15) is 0 Å². The molecular weight excluding hydrogens is 368 g/mol. The fraction of sp³-hybridized carbons (Fsp3) is 0.250. The summed E-state index contributed by atoms with van der Waals surface area (Å²) in [6, 6.07) is 8.17. The summed E-state index contributed by atoms with van der Waals surface area (Å²) < 4.78 is 27.1. The lowest BCUT2D eigenvalue weighted by molar-refractivity contribution is -0.122. The van der Waals surface area contributed by atoms with Crippen LogP contribution in [0.15, 0.2) is 36.4 Å². The molecule has 2 aromatic carbocycles. The van der Waals surface area contributed by atoms with Crippen molar-refractivity contribution in [3.05, 3.63) is 53.6 Å². The number of carbonyl (C=O) groups excluding carboxylic acids is 3. The van der Waals surface area contributed by atoms with Crippen LogP contribution in [0.3, 0.4) is 0 Å². The largest absolute Gasteiger partial charge is 0.326 e. The van der Waals surface area contributed by atoms with E-state index in [1.165, 1.54) is 11.0 Å². The normalized spacial score (nSPS) is 18.6. The van der Waals surface area contributed by atoms with Crippen LogP contribution in [0.5, 0.6) is 0 Å². The van der Waals surface area contributed by atoms with Crippen molar-refractivity contribution in [2.45, 2.75) is 19.3 Å². The number of aryl methyl sites for hydroxylation is 1. The minimum Gasteiger partial charge on any atom is -0.326 e. The second-order valence-electron chi connectivity index (χ2n) is 6.91. The number of nitrogens with one attached hydrogen (secondary N) is 2. The van der Waals surface area contributed by atoms with E-state index in [-0.39, 0.29) is 36.4 Å². The number of rotatable bonds is 3. The number of carbonyl (C=O) groups is 3. The van der Waals surface area contributed by atoms with E-state index in [1.807, 2.05) is 0 Å². The SMILES string of the molecule is O=C1CCc2cc(NC(=O)[C@H]3CC(=O)N(c4ccc(F)cc4F)C3)ccc2N1. The first-order valence-electron chi connectivity index (χ1n) is 8.90. The third kappa shape index (κ3) is 3.45. The van der Waals surface area contributed by atoms with Crippen LogP contribution in [0.4, 0.5) is 25.8 Å². The molecule has 1 atom stereocenters. The predicted octanol–water partition coefficient (Wildman–Crippen LogP) is 2.84. The molecule has 6 nitrogen and oxygen atoms in total. The second-order valence-corrected chi connectivity index (χ2v) is 6.91. The van der Waals surface area contributed by atoms with Crippen molar-refractivity contribution in [1.82, 2.24) is 0 Å². The molecule has 2 aliphatic rings. The summed E-state index contributed by atoms with van der Waals surface area (Å²) in [7, 11) is 0. The Morgan fingerprint density at radius 3 is 2.71 bits per heavy atom. The smallest absolute Gasteiger partial charge is 0.229 e. The molecule has 4 rings (SSSR count). The summed E-state index contributed by atoms with van der Waals surface area (Å²) in [5.41, 5.74) is 2.18. The van der Waals surface area contributed by atoms with Crippen molar-refractivity contribution in [1.29, 1.82) is 0 Å². The number of halogens is 2. The molecule has 2 heterocycles. The Balaban J connectivity index is 1.46. The molecule has 2 aliphatic heterocycles. The van der Waals surface area contributed by atoms with E-state index in [9.17, 15) is 23.2 Å². The molecule has 0 spiro atoms. The van der Waals surface area contributed by atoms with Crippen LogP contribution in [0.2, 0.25) is 0 Å². The van der Waals surface area contributed by atoms with Crippen LogP contribution >= 0.6 is 0 Å². The summed E-state index contributed by atoms with van der Waals surface area (Å²) in [4.78, 5) is 37.4. The van der Waals surface area contributed by atoms with E-state index in [0.717, 1.165) is 17.3 Å². The Morgan fingerprint density at radius 2 is 1.93 bits per heavy atom. The fourth-order valence-electron chi connectivity index (χ4n) is 3.52. The maximum atomic E-state index is 14.0. The van der Waals surface area contributed by atoms with Gasteiger partial charge in [-0.25, -0.2) is 8.78 Å². The number of amides is 3. The average Bonchev–Trinajstić information content (AvgIpc) is 3.03. The Kier molecular flexibility index (Phi) is 4.54. The van der Waals surface area contributed by atoms with Gasteiger partial charge in [0, 0.05) is 36.8 Å². The van der Waals surface area contributed by atoms with Gasteiger partial charge in [0.25, 0.3) is 0 Å². The lowest BCUT2D eigenvalue weighted by Gasteiger charge is -2.19. The summed E-state index contributed by atoms with van der Waals surface area (Å²) in [6.45, 7) is 0.0220. The highest BCUT2D eigenvalue weighted by atomic mass is 19.1. The monoisotopic (exact) mass is 385 g/mol. The molecule has 2 aromatic rings. The van der Waals surface area contributed by atoms with Gasteiger partial charge >= 0.3 is 0 Å². The van der Waals surface area contributed by atoms with Crippen LogP contribution in [0, 0.1) is 17.6 Å². The third-order valence-electron chi connectivity index (χ3n) is 4.96. The molecule has 3 amide bonds. The first-order valence-corrected chi connectivity index (χ1v) is 8.90. The van der Waals surface area contributed by atoms with Crippen molar-refractivity contribution in [2.24, 2.45) is 5.92 Å². The minimum atomic E-state index is -0.842.